The van der Waals surface area contributed by atoms with E-state index in [2.05, 4.69) is 4.98 Å². The maximum atomic E-state index is 9.23. The molecule has 94 valence electrons. The minimum atomic E-state index is -0.0632. The van der Waals surface area contributed by atoms with Crippen molar-refractivity contribution in [2.45, 2.75) is 0 Å². The molecular formula is C14H8N6. The van der Waals surface area contributed by atoms with Gasteiger partial charge in [-0.25, -0.2) is 4.98 Å². The summed E-state index contributed by atoms with van der Waals surface area (Å²) in [6.07, 6.45) is 0. The minimum absolute atomic E-state index is 0.0402. The quantitative estimate of drug-likeness (QED) is 0.797. The molecule has 0 radical (unpaired) electrons. The molecule has 2 rings (SSSR count). The number of nitrogen functional groups attached to an aromatic ring is 2. The number of hydrogen-bond acceptors (Lipinski definition) is 6. The Morgan fingerprint density at radius 2 is 1.40 bits per heavy atom. The fourth-order valence-electron chi connectivity index (χ4n) is 1.92. The van der Waals surface area contributed by atoms with Crippen LogP contribution in [-0.2, 0) is 0 Å². The van der Waals surface area contributed by atoms with Gasteiger partial charge in [-0.2, -0.15) is 15.8 Å². The van der Waals surface area contributed by atoms with Crippen molar-refractivity contribution in [3.8, 4) is 29.3 Å². The summed E-state index contributed by atoms with van der Waals surface area (Å²) in [5.41, 5.74) is 12.4. The molecule has 0 aliphatic carbocycles. The summed E-state index contributed by atoms with van der Waals surface area (Å²) in [7, 11) is 0. The first-order valence-electron chi connectivity index (χ1n) is 5.52. The third-order valence-corrected chi connectivity index (χ3v) is 2.79. The Labute approximate surface area is 115 Å². The maximum absolute atomic E-state index is 9.23. The van der Waals surface area contributed by atoms with Crippen LogP contribution < -0.4 is 11.5 Å². The molecule has 20 heavy (non-hydrogen) atoms. The van der Waals surface area contributed by atoms with Gasteiger partial charge in [-0.3, -0.25) is 0 Å². The largest absolute Gasteiger partial charge is 0.383 e. The van der Waals surface area contributed by atoms with Crippen molar-refractivity contribution in [2.75, 3.05) is 11.5 Å². The molecule has 6 heteroatoms. The normalized spacial score (nSPS) is 9.25. The molecule has 2 aromatic rings. The van der Waals surface area contributed by atoms with Crippen LogP contribution in [-0.4, -0.2) is 4.98 Å². The lowest BCUT2D eigenvalue weighted by Gasteiger charge is -2.11. The SMILES string of the molecule is N#Cc1ccccc1-c1c(C#N)c(N)nc(N)c1C#N. The predicted octanol–water partition coefficient (Wildman–Crippen LogP) is 1.53. The van der Waals surface area contributed by atoms with Crippen molar-refractivity contribution in [3.63, 3.8) is 0 Å². The Morgan fingerprint density at radius 1 is 0.850 bits per heavy atom. The molecule has 4 N–H and O–H groups in total. The van der Waals surface area contributed by atoms with Crippen LogP contribution in [0.15, 0.2) is 24.3 Å². The van der Waals surface area contributed by atoms with Crippen LogP contribution in [0.2, 0.25) is 0 Å². The van der Waals surface area contributed by atoms with E-state index in [1.165, 1.54) is 0 Å². The predicted molar refractivity (Wildman–Crippen MR) is 72.6 cm³/mol. The zero-order chi connectivity index (χ0) is 14.7. The minimum Gasteiger partial charge on any atom is -0.383 e. The molecule has 0 spiro atoms. The molecule has 0 unspecified atom stereocenters. The second kappa shape index (κ2) is 4.97. The highest BCUT2D eigenvalue weighted by Crippen LogP contribution is 2.34. The van der Waals surface area contributed by atoms with Gasteiger partial charge in [0.05, 0.1) is 11.6 Å². The molecular weight excluding hydrogens is 252 g/mol. The number of nitrogens with zero attached hydrogens (tertiary/aromatic N) is 4. The molecule has 6 nitrogen and oxygen atoms in total. The van der Waals surface area contributed by atoms with Gasteiger partial charge in [-0.05, 0) is 6.07 Å². The molecule has 1 aromatic heterocycles. The van der Waals surface area contributed by atoms with E-state index < -0.39 is 0 Å². The first-order valence-corrected chi connectivity index (χ1v) is 5.52. The zero-order valence-electron chi connectivity index (χ0n) is 10.3. The Morgan fingerprint density at radius 3 is 1.90 bits per heavy atom. The molecule has 0 atom stereocenters. The number of nitriles is 3. The number of benzene rings is 1. The van der Waals surface area contributed by atoms with Gasteiger partial charge in [0.25, 0.3) is 0 Å². The fourth-order valence-corrected chi connectivity index (χ4v) is 1.92. The van der Waals surface area contributed by atoms with E-state index in [4.69, 9.17) is 16.7 Å². The fraction of sp³-hybridized carbons (Fsp3) is 0. The van der Waals surface area contributed by atoms with Crippen molar-refractivity contribution in [3.05, 3.63) is 41.0 Å². The van der Waals surface area contributed by atoms with E-state index >= 15 is 0 Å². The van der Waals surface area contributed by atoms with Crippen LogP contribution in [0, 0.1) is 34.0 Å². The monoisotopic (exact) mass is 260 g/mol. The summed E-state index contributed by atoms with van der Waals surface area (Å²) in [5.74, 6) is -0.126. The number of nitrogens with two attached hydrogens (primary N) is 2. The molecule has 0 aliphatic rings. The van der Waals surface area contributed by atoms with Gasteiger partial charge >= 0.3 is 0 Å². The first kappa shape index (κ1) is 12.9. The van der Waals surface area contributed by atoms with Crippen LogP contribution >= 0.6 is 0 Å². The van der Waals surface area contributed by atoms with E-state index in [9.17, 15) is 10.5 Å². The van der Waals surface area contributed by atoms with E-state index in [-0.39, 0.29) is 28.3 Å². The van der Waals surface area contributed by atoms with E-state index in [1.54, 1.807) is 24.3 Å². The van der Waals surface area contributed by atoms with Gasteiger partial charge in [0.1, 0.15) is 34.9 Å². The van der Waals surface area contributed by atoms with Gasteiger partial charge in [0.15, 0.2) is 0 Å². The zero-order valence-corrected chi connectivity index (χ0v) is 10.3. The van der Waals surface area contributed by atoms with E-state index in [0.29, 0.717) is 11.1 Å². The number of anilines is 2. The number of rotatable bonds is 1. The average Bonchev–Trinajstić information content (AvgIpc) is 2.46. The van der Waals surface area contributed by atoms with Crippen molar-refractivity contribution < 1.29 is 0 Å². The third kappa shape index (κ3) is 1.86. The van der Waals surface area contributed by atoms with Gasteiger partial charge in [0, 0.05) is 11.1 Å². The molecule has 0 bridgehead atoms. The first-order chi connectivity index (χ1) is 9.63. The summed E-state index contributed by atoms with van der Waals surface area (Å²) in [5, 5.41) is 27.6. The van der Waals surface area contributed by atoms with Crippen molar-refractivity contribution in [1.29, 1.82) is 15.8 Å². The highest BCUT2D eigenvalue weighted by Gasteiger charge is 2.20. The van der Waals surface area contributed by atoms with Crippen molar-refractivity contribution in [1.82, 2.24) is 4.98 Å². The van der Waals surface area contributed by atoms with Gasteiger partial charge in [-0.15, -0.1) is 0 Å². The summed E-state index contributed by atoms with van der Waals surface area (Å²) in [6, 6.07) is 12.4. The molecule has 1 heterocycles. The van der Waals surface area contributed by atoms with Crippen LogP contribution in [0.25, 0.3) is 11.1 Å². The number of aromatic nitrogens is 1. The van der Waals surface area contributed by atoms with E-state index in [1.807, 2.05) is 18.2 Å². The summed E-state index contributed by atoms with van der Waals surface area (Å²) in [4.78, 5) is 3.78. The van der Waals surface area contributed by atoms with Crippen LogP contribution in [0.3, 0.4) is 0 Å². The lowest BCUT2D eigenvalue weighted by molar-refractivity contribution is 1.29. The van der Waals surface area contributed by atoms with Crippen LogP contribution in [0.5, 0.6) is 0 Å². The lowest BCUT2D eigenvalue weighted by atomic mass is 9.93. The van der Waals surface area contributed by atoms with Gasteiger partial charge < -0.3 is 11.5 Å². The molecule has 0 aliphatic heterocycles. The van der Waals surface area contributed by atoms with E-state index in [0.717, 1.165) is 0 Å². The van der Waals surface area contributed by atoms with Crippen LogP contribution in [0.4, 0.5) is 11.6 Å². The number of hydrogen-bond donors (Lipinski definition) is 2. The van der Waals surface area contributed by atoms with Crippen LogP contribution in [0.1, 0.15) is 16.7 Å². The Hall–Kier alpha value is -3.56. The second-order valence-corrected chi connectivity index (χ2v) is 3.89. The Bertz CT molecular complexity index is 779. The van der Waals surface area contributed by atoms with Gasteiger partial charge in [-0.1, -0.05) is 18.2 Å². The summed E-state index contributed by atoms with van der Waals surface area (Å²) >= 11 is 0. The lowest BCUT2D eigenvalue weighted by Crippen LogP contribution is -2.06. The van der Waals surface area contributed by atoms with Gasteiger partial charge in [0.2, 0.25) is 0 Å². The second-order valence-electron chi connectivity index (χ2n) is 3.89. The highest BCUT2D eigenvalue weighted by molar-refractivity contribution is 5.86. The molecule has 1 aromatic carbocycles. The summed E-state index contributed by atoms with van der Waals surface area (Å²) < 4.78 is 0. The smallest absolute Gasteiger partial charge is 0.144 e. The molecule has 0 amide bonds. The molecule has 0 saturated carbocycles. The number of pyridine rings is 1. The summed E-state index contributed by atoms with van der Waals surface area (Å²) in [6.45, 7) is 0. The Balaban J connectivity index is 2.98. The standard InChI is InChI=1S/C14H8N6/c15-5-8-3-1-2-4-9(8)12-10(6-16)13(18)20-14(19)11(12)7-17/h1-4H,(H4,18,19,20). The molecule has 0 saturated heterocycles. The van der Waals surface area contributed by atoms with Crippen molar-refractivity contribution >= 4 is 11.6 Å². The van der Waals surface area contributed by atoms with Crippen molar-refractivity contribution in [2.24, 2.45) is 0 Å². The average molecular weight is 260 g/mol. The highest BCUT2D eigenvalue weighted by atomic mass is 14.9. The topological polar surface area (TPSA) is 136 Å². The maximum Gasteiger partial charge on any atom is 0.144 e. The Kier molecular flexibility index (Phi) is 3.20. The third-order valence-electron chi connectivity index (χ3n) is 2.79. The molecule has 0 fully saturated rings.